The van der Waals surface area contributed by atoms with Gasteiger partial charge in [-0.15, -0.1) is 0 Å². The minimum absolute atomic E-state index is 0.117. The van der Waals surface area contributed by atoms with Gasteiger partial charge in [0.05, 0.1) is 6.42 Å². The fourth-order valence-electron chi connectivity index (χ4n) is 1.11. The second-order valence-electron chi connectivity index (χ2n) is 3.23. The molecular weight excluding hydrogens is 210 g/mol. The molecule has 5 heteroatoms. The van der Waals surface area contributed by atoms with Crippen molar-refractivity contribution in [3.05, 3.63) is 29.6 Å². The molecule has 0 aliphatic heterocycles. The number of Topliss-reactive ketones (excluding diaryl/α,β-unsaturated/α-hetero) is 2. The van der Waals surface area contributed by atoms with Crippen LogP contribution in [0.4, 0.5) is 0 Å². The Morgan fingerprint density at radius 3 is 2.44 bits per heavy atom. The van der Waals surface area contributed by atoms with Gasteiger partial charge in [0, 0.05) is 6.20 Å². The van der Waals surface area contributed by atoms with Gasteiger partial charge in [0.15, 0.2) is 5.78 Å². The van der Waals surface area contributed by atoms with E-state index < -0.39 is 24.0 Å². The Kier molecular flexibility index (Phi) is 3.88. The molecule has 1 heterocycles. The predicted octanol–water partition coefficient (Wildman–Crippen LogP) is 0.870. The molecule has 0 aliphatic carbocycles. The average molecular weight is 221 g/mol. The van der Waals surface area contributed by atoms with Gasteiger partial charge in [-0.05, 0) is 18.1 Å². The number of carboxylic acids is 1. The standard InChI is InChI=1S/C11H11NO4/c1-2-7-3-4-8(12-6-7)9(13)5-10(14)11(15)16/h3-4,6H,2,5H2,1H3,(H,15,16). The van der Waals surface area contributed by atoms with Gasteiger partial charge in [-0.2, -0.15) is 0 Å². The quantitative estimate of drug-likeness (QED) is 0.453. The molecule has 0 radical (unpaired) electrons. The lowest BCUT2D eigenvalue weighted by Gasteiger charge is -1.99. The number of aryl methyl sites for hydroxylation is 1. The van der Waals surface area contributed by atoms with E-state index in [0.29, 0.717) is 0 Å². The molecule has 5 nitrogen and oxygen atoms in total. The number of carboxylic acid groups (broad SMARTS) is 1. The Hall–Kier alpha value is -2.04. The highest BCUT2D eigenvalue weighted by atomic mass is 16.4. The number of carbonyl (C=O) groups is 3. The zero-order chi connectivity index (χ0) is 12.1. The van der Waals surface area contributed by atoms with E-state index in [0.717, 1.165) is 12.0 Å². The summed E-state index contributed by atoms with van der Waals surface area (Å²) in [5.41, 5.74) is 1.09. The lowest BCUT2D eigenvalue weighted by molar-refractivity contribution is -0.148. The summed E-state index contributed by atoms with van der Waals surface area (Å²) >= 11 is 0. The summed E-state index contributed by atoms with van der Waals surface area (Å²) < 4.78 is 0. The van der Waals surface area contributed by atoms with Crippen LogP contribution in [0.2, 0.25) is 0 Å². The Bertz CT molecular complexity index is 422. The van der Waals surface area contributed by atoms with Crippen molar-refractivity contribution in [3.63, 3.8) is 0 Å². The van der Waals surface area contributed by atoms with Crippen molar-refractivity contribution in [2.75, 3.05) is 0 Å². The summed E-state index contributed by atoms with van der Waals surface area (Å²) in [4.78, 5) is 36.3. The molecular formula is C11H11NO4. The summed E-state index contributed by atoms with van der Waals surface area (Å²) in [5, 5.41) is 8.34. The van der Waals surface area contributed by atoms with Crippen LogP contribution in [-0.4, -0.2) is 27.6 Å². The molecule has 1 aromatic rings. The Labute approximate surface area is 92.1 Å². The van der Waals surface area contributed by atoms with Crippen LogP contribution in [0.3, 0.4) is 0 Å². The van der Waals surface area contributed by atoms with E-state index in [1.807, 2.05) is 6.92 Å². The second kappa shape index (κ2) is 5.16. The maximum Gasteiger partial charge on any atom is 0.372 e. The number of hydrogen-bond acceptors (Lipinski definition) is 4. The smallest absolute Gasteiger partial charge is 0.372 e. The first-order chi connectivity index (χ1) is 7.54. The van der Waals surface area contributed by atoms with Crippen LogP contribution in [-0.2, 0) is 16.0 Å². The molecule has 0 spiro atoms. The van der Waals surface area contributed by atoms with Crippen molar-refractivity contribution < 1.29 is 19.5 Å². The van der Waals surface area contributed by atoms with Crippen LogP contribution in [0.1, 0.15) is 29.4 Å². The molecule has 0 amide bonds. The minimum atomic E-state index is -1.60. The van der Waals surface area contributed by atoms with Gasteiger partial charge in [-0.3, -0.25) is 14.6 Å². The molecule has 0 fully saturated rings. The summed E-state index contributed by atoms with van der Waals surface area (Å²) in [6.45, 7) is 1.95. The Morgan fingerprint density at radius 2 is 2.00 bits per heavy atom. The average Bonchev–Trinajstić information content (AvgIpc) is 2.28. The Morgan fingerprint density at radius 1 is 1.31 bits per heavy atom. The van der Waals surface area contributed by atoms with E-state index in [1.165, 1.54) is 6.07 Å². The molecule has 0 saturated heterocycles. The van der Waals surface area contributed by atoms with E-state index in [4.69, 9.17) is 5.11 Å². The molecule has 0 unspecified atom stereocenters. The third-order valence-corrected chi connectivity index (χ3v) is 2.08. The maximum atomic E-state index is 11.4. The van der Waals surface area contributed by atoms with Gasteiger partial charge < -0.3 is 5.11 Å². The third kappa shape index (κ3) is 2.98. The minimum Gasteiger partial charge on any atom is -0.475 e. The van der Waals surface area contributed by atoms with Gasteiger partial charge in [0.1, 0.15) is 5.69 Å². The van der Waals surface area contributed by atoms with E-state index >= 15 is 0 Å². The normalized spacial score (nSPS) is 9.81. The highest BCUT2D eigenvalue weighted by Gasteiger charge is 2.18. The summed E-state index contributed by atoms with van der Waals surface area (Å²) in [5.74, 6) is -3.29. The maximum absolute atomic E-state index is 11.4. The van der Waals surface area contributed by atoms with Crippen LogP contribution in [0.15, 0.2) is 18.3 Å². The highest BCUT2D eigenvalue weighted by Crippen LogP contribution is 2.04. The summed E-state index contributed by atoms with van der Waals surface area (Å²) in [7, 11) is 0. The van der Waals surface area contributed by atoms with Crippen LogP contribution in [0.25, 0.3) is 0 Å². The lowest BCUT2D eigenvalue weighted by atomic mass is 10.1. The topological polar surface area (TPSA) is 84.3 Å². The number of aliphatic carboxylic acids is 1. The van der Waals surface area contributed by atoms with E-state index in [9.17, 15) is 14.4 Å². The van der Waals surface area contributed by atoms with Crippen molar-refractivity contribution in [2.45, 2.75) is 19.8 Å². The van der Waals surface area contributed by atoms with Crippen molar-refractivity contribution in [3.8, 4) is 0 Å². The monoisotopic (exact) mass is 221 g/mol. The predicted molar refractivity (Wildman–Crippen MR) is 55.2 cm³/mol. The van der Waals surface area contributed by atoms with Gasteiger partial charge in [-0.25, -0.2) is 4.79 Å². The van der Waals surface area contributed by atoms with Gasteiger partial charge in [0.25, 0.3) is 0 Å². The molecule has 1 rings (SSSR count). The summed E-state index contributed by atoms with van der Waals surface area (Å²) in [6.07, 6.45) is 1.70. The first kappa shape index (κ1) is 12.0. The van der Waals surface area contributed by atoms with Crippen LogP contribution in [0.5, 0.6) is 0 Å². The number of ketones is 2. The fraction of sp³-hybridized carbons (Fsp3) is 0.273. The van der Waals surface area contributed by atoms with Crippen molar-refractivity contribution >= 4 is 17.5 Å². The SMILES string of the molecule is CCc1ccc(C(=O)CC(=O)C(=O)O)nc1. The zero-order valence-electron chi connectivity index (χ0n) is 8.77. The first-order valence-corrected chi connectivity index (χ1v) is 4.78. The molecule has 16 heavy (non-hydrogen) atoms. The number of rotatable bonds is 5. The van der Waals surface area contributed by atoms with Crippen LogP contribution < -0.4 is 0 Å². The van der Waals surface area contributed by atoms with Crippen molar-refractivity contribution in [2.24, 2.45) is 0 Å². The number of hydrogen-bond donors (Lipinski definition) is 1. The molecule has 0 atom stereocenters. The zero-order valence-corrected chi connectivity index (χ0v) is 8.77. The van der Waals surface area contributed by atoms with Crippen molar-refractivity contribution in [1.82, 2.24) is 4.98 Å². The highest BCUT2D eigenvalue weighted by molar-refractivity contribution is 6.37. The molecule has 1 N–H and O–H groups in total. The molecule has 0 saturated carbocycles. The Balaban J connectivity index is 2.73. The molecule has 0 bridgehead atoms. The van der Waals surface area contributed by atoms with Crippen LogP contribution in [0, 0.1) is 0 Å². The molecule has 0 aromatic carbocycles. The number of aromatic nitrogens is 1. The number of nitrogens with zero attached hydrogens (tertiary/aromatic N) is 1. The largest absolute Gasteiger partial charge is 0.475 e. The van der Waals surface area contributed by atoms with Gasteiger partial charge >= 0.3 is 5.97 Å². The number of pyridine rings is 1. The fourth-order valence-corrected chi connectivity index (χ4v) is 1.11. The van der Waals surface area contributed by atoms with Crippen LogP contribution >= 0.6 is 0 Å². The van der Waals surface area contributed by atoms with E-state index in [2.05, 4.69) is 4.98 Å². The molecule has 0 aliphatic rings. The molecule has 84 valence electrons. The summed E-state index contributed by atoms with van der Waals surface area (Å²) in [6, 6.07) is 3.22. The third-order valence-electron chi connectivity index (χ3n) is 2.08. The second-order valence-corrected chi connectivity index (χ2v) is 3.23. The lowest BCUT2D eigenvalue weighted by Crippen LogP contribution is -2.17. The first-order valence-electron chi connectivity index (χ1n) is 4.78. The van der Waals surface area contributed by atoms with E-state index in [-0.39, 0.29) is 5.69 Å². The van der Waals surface area contributed by atoms with E-state index in [1.54, 1.807) is 12.3 Å². The van der Waals surface area contributed by atoms with Gasteiger partial charge in [-0.1, -0.05) is 13.0 Å². The molecule has 1 aromatic heterocycles. The number of carbonyl (C=O) groups excluding carboxylic acids is 2. The van der Waals surface area contributed by atoms with Crippen molar-refractivity contribution in [1.29, 1.82) is 0 Å². The van der Waals surface area contributed by atoms with Gasteiger partial charge in [0.2, 0.25) is 5.78 Å².